The molecule has 4 N–H and O–H groups in total. The monoisotopic (exact) mass is 236 g/mol. The second-order valence-corrected chi connectivity index (χ2v) is 3.55. The van der Waals surface area contributed by atoms with Crippen LogP contribution in [0, 0.1) is 0 Å². The lowest BCUT2D eigenvalue weighted by Crippen LogP contribution is -2.13. The maximum absolute atomic E-state index is 5.36. The third kappa shape index (κ3) is 2.63. The van der Waals surface area contributed by atoms with Crippen molar-refractivity contribution in [2.45, 2.75) is 6.42 Å². The Morgan fingerprint density at radius 3 is 3.18 bits per heavy atom. The van der Waals surface area contributed by atoms with E-state index in [0.717, 1.165) is 18.6 Å². The molecule has 7 heteroatoms. The number of nitrogens with one attached hydrogen (secondary N) is 2. The Morgan fingerprint density at radius 2 is 2.41 bits per heavy atom. The van der Waals surface area contributed by atoms with Gasteiger partial charge in [0.25, 0.3) is 0 Å². The smallest absolute Gasteiger partial charge is 0.180 e. The van der Waals surface area contributed by atoms with Crippen molar-refractivity contribution in [3.05, 3.63) is 18.6 Å². The molecular weight excluding hydrogens is 220 g/mol. The van der Waals surface area contributed by atoms with Gasteiger partial charge in [-0.2, -0.15) is 0 Å². The van der Waals surface area contributed by atoms with Crippen molar-refractivity contribution in [1.82, 2.24) is 14.4 Å². The van der Waals surface area contributed by atoms with Gasteiger partial charge in [-0.15, -0.1) is 0 Å². The van der Waals surface area contributed by atoms with Crippen molar-refractivity contribution in [2.75, 3.05) is 31.0 Å². The van der Waals surface area contributed by atoms with Crippen LogP contribution in [0.4, 0.5) is 11.6 Å². The van der Waals surface area contributed by atoms with Gasteiger partial charge in [0.15, 0.2) is 17.3 Å². The van der Waals surface area contributed by atoms with Crippen LogP contribution in [0.3, 0.4) is 0 Å². The van der Waals surface area contributed by atoms with Gasteiger partial charge in [-0.25, -0.2) is 15.8 Å². The molecule has 0 fully saturated rings. The van der Waals surface area contributed by atoms with E-state index in [2.05, 4.69) is 20.7 Å². The summed E-state index contributed by atoms with van der Waals surface area (Å²) < 4.78 is 6.85. The van der Waals surface area contributed by atoms with Crippen molar-refractivity contribution in [3.8, 4) is 0 Å². The minimum absolute atomic E-state index is 0.588. The molecule has 0 saturated carbocycles. The number of hydrogen-bond donors (Lipinski definition) is 3. The Morgan fingerprint density at radius 1 is 1.53 bits per heavy atom. The highest BCUT2D eigenvalue weighted by molar-refractivity contribution is 5.65. The molecular formula is C10H16N6O. The first kappa shape index (κ1) is 11.6. The molecule has 0 atom stereocenters. The number of nitrogen functional groups attached to an aromatic ring is 1. The van der Waals surface area contributed by atoms with Crippen LogP contribution in [0.25, 0.3) is 5.65 Å². The molecule has 2 heterocycles. The molecule has 0 aliphatic heterocycles. The number of hydrogen-bond acceptors (Lipinski definition) is 6. The number of fused-ring (bicyclic) bond motifs is 1. The summed E-state index contributed by atoms with van der Waals surface area (Å²) in [6.45, 7) is 1.49. The van der Waals surface area contributed by atoms with Gasteiger partial charge in [0.2, 0.25) is 0 Å². The summed E-state index contributed by atoms with van der Waals surface area (Å²) in [6.07, 6.45) is 6.25. The first-order chi connectivity index (χ1) is 8.35. The third-order valence-corrected chi connectivity index (χ3v) is 2.34. The molecule has 0 radical (unpaired) electrons. The SMILES string of the molecule is COCCCNc1nc(NN)cn2ccnc12. The fourth-order valence-corrected chi connectivity index (χ4v) is 1.54. The van der Waals surface area contributed by atoms with Crippen LogP contribution in [0.1, 0.15) is 6.42 Å². The average molecular weight is 236 g/mol. The van der Waals surface area contributed by atoms with Crippen LogP contribution in [-0.4, -0.2) is 34.6 Å². The predicted molar refractivity (Wildman–Crippen MR) is 65.8 cm³/mol. The van der Waals surface area contributed by atoms with Crippen molar-refractivity contribution < 1.29 is 4.74 Å². The van der Waals surface area contributed by atoms with Gasteiger partial charge in [-0.1, -0.05) is 0 Å². The molecule has 2 rings (SSSR count). The third-order valence-electron chi connectivity index (χ3n) is 2.34. The number of ether oxygens (including phenoxy) is 1. The van der Waals surface area contributed by atoms with Crippen molar-refractivity contribution in [1.29, 1.82) is 0 Å². The summed E-state index contributed by atoms with van der Waals surface area (Å²) >= 11 is 0. The van der Waals surface area contributed by atoms with E-state index in [1.807, 2.05) is 10.6 Å². The fourth-order valence-electron chi connectivity index (χ4n) is 1.54. The molecule has 2 aromatic rings. The molecule has 2 aromatic heterocycles. The van der Waals surface area contributed by atoms with Crippen LogP contribution in [0.5, 0.6) is 0 Å². The summed E-state index contributed by atoms with van der Waals surface area (Å²) in [7, 11) is 1.68. The summed E-state index contributed by atoms with van der Waals surface area (Å²) in [5, 5.41) is 3.21. The number of imidazole rings is 1. The van der Waals surface area contributed by atoms with E-state index in [-0.39, 0.29) is 0 Å². The molecule has 0 spiro atoms. The Balaban J connectivity index is 2.16. The van der Waals surface area contributed by atoms with Gasteiger partial charge in [-0.05, 0) is 6.42 Å². The second-order valence-electron chi connectivity index (χ2n) is 3.55. The van der Waals surface area contributed by atoms with Crippen LogP contribution in [0.2, 0.25) is 0 Å². The number of nitrogens with two attached hydrogens (primary N) is 1. The standard InChI is InChI=1S/C10H16N6O/c1-17-6-2-3-12-9-10-13-4-5-16(10)7-8(14-9)15-11/h4-5,7,15H,2-3,6,11H2,1H3,(H,12,14). The molecule has 0 aliphatic rings. The molecule has 0 aliphatic carbocycles. The van der Waals surface area contributed by atoms with Gasteiger partial charge in [0.05, 0.1) is 6.20 Å². The second kappa shape index (κ2) is 5.46. The largest absolute Gasteiger partial charge is 0.385 e. The van der Waals surface area contributed by atoms with E-state index < -0.39 is 0 Å². The molecule has 0 unspecified atom stereocenters. The minimum Gasteiger partial charge on any atom is -0.385 e. The number of anilines is 2. The zero-order chi connectivity index (χ0) is 12.1. The van der Waals surface area contributed by atoms with E-state index in [4.69, 9.17) is 10.6 Å². The van der Waals surface area contributed by atoms with E-state index in [9.17, 15) is 0 Å². The quantitative estimate of drug-likeness (QED) is 0.383. The van der Waals surface area contributed by atoms with Crippen molar-refractivity contribution >= 4 is 17.3 Å². The maximum Gasteiger partial charge on any atom is 0.180 e. The van der Waals surface area contributed by atoms with E-state index in [1.165, 1.54) is 0 Å². The van der Waals surface area contributed by atoms with Gasteiger partial charge in [0.1, 0.15) is 0 Å². The number of methoxy groups -OCH3 is 1. The predicted octanol–water partition coefficient (Wildman–Crippen LogP) is 0.463. The number of rotatable bonds is 6. The highest BCUT2D eigenvalue weighted by Crippen LogP contribution is 2.15. The zero-order valence-corrected chi connectivity index (χ0v) is 9.68. The first-order valence-corrected chi connectivity index (χ1v) is 5.38. The van der Waals surface area contributed by atoms with Gasteiger partial charge >= 0.3 is 0 Å². The molecule has 0 saturated heterocycles. The number of hydrazine groups is 1. The Labute approximate surface area is 99.0 Å². The van der Waals surface area contributed by atoms with E-state index in [0.29, 0.717) is 18.2 Å². The van der Waals surface area contributed by atoms with Crippen LogP contribution in [-0.2, 0) is 4.74 Å². The molecule has 0 bridgehead atoms. The van der Waals surface area contributed by atoms with Gasteiger partial charge < -0.3 is 19.9 Å². The molecule has 0 aromatic carbocycles. The first-order valence-electron chi connectivity index (χ1n) is 5.38. The van der Waals surface area contributed by atoms with Crippen molar-refractivity contribution in [2.24, 2.45) is 5.84 Å². The summed E-state index contributed by atoms with van der Waals surface area (Å²) in [6, 6.07) is 0. The lowest BCUT2D eigenvalue weighted by Gasteiger charge is -2.08. The minimum atomic E-state index is 0.588. The number of nitrogens with zero attached hydrogens (tertiary/aromatic N) is 3. The molecule has 92 valence electrons. The van der Waals surface area contributed by atoms with E-state index in [1.54, 1.807) is 19.5 Å². The average Bonchev–Trinajstić information content (AvgIpc) is 2.82. The molecule has 7 nitrogen and oxygen atoms in total. The molecule has 0 amide bonds. The highest BCUT2D eigenvalue weighted by Gasteiger charge is 2.05. The zero-order valence-electron chi connectivity index (χ0n) is 9.68. The van der Waals surface area contributed by atoms with Crippen molar-refractivity contribution in [3.63, 3.8) is 0 Å². The fraction of sp³-hybridized carbons (Fsp3) is 0.400. The number of aromatic nitrogens is 3. The van der Waals surface area contributed by atoms with E-state index >= 15 is 0 Å². The lowest BCUT2D eigenvalue weighted by atomic mass is 10.4. The summed E-state index contributed by atoms with van der Waals surface area (Å²) in [5.41, 5.74) is 3.31. The Hall–Kier alpha value is -1.86. The lowest BCUT2D eigenvalue weighted by molar-refractivity contribution is 0.198. The summed E-state index contributed by atoms with van der Waals surface area (Å²) in [5.74, 6) is 6.66. The topological polar surface area (TPSA) is 89.5 Å². The highest BCUT2D eigenvalue weighted by atomic mass is 16.5. The van der Waals surface area contributed by atoms with Gasteiger partial charge in [-0.3, -0.25) is 0 Å². The van der Waals surface area contributed by atoms with Crippen LogP contribution >= 0.6 is 0 Å². The van der Waals surface area contributed by atoms with Crippen LogP contribution < -0.4 is 16.6 Å². The Bertz CT molecular complexity index is 483. The Kier molecular flexibility index (Phi) is 3.73. The maximum atomic E-state index is 5.36. The van der Waals surface area contributed by atoms with Crippen LogP contribution in [0.15, 0.2) is 18.6 Å². The summed E-state index contributed by atoms with van der Waals surface area (Å²) in [4.78, 5) is 8.55. The van der Waals surface area contributed by atoms with Gasteiger partial charge in [0, 0.05) is 32.7 Å². The molecule has 17 heavy (non-hydrogen) atoms. The normalized spacial score (nSPS) is 10.7.